The summed E-state index contributed by atoms with van der Waals surface area (Å²) in [6.45, 7) is 2.26. The number of nitro benzene ring substituents is 1. The highest BCUT2D eigenvalue weighted by Crippen LogP contribution is 2.31. The summed E-state index contributed by atoms with van der Waals surface area (Å²) in [7, 11) is -1.93. The van der Waals surface area contributed by atoms with Crippen LogP contribution in [0.5, 0.6) is 0 Å². The lowest BCUT2D eigenvalue weighted by Gasteiger charge is -2.31. The van der Waals surface area contributed by atoms with Gasteiger partial charge in [0.1, 0.15) is 0 Å². The Morgan fingerprint density at radius 1 is 1.35 bits per heavy atom. The normalized spacial score (nSPS) is 16.8. The van der Waals surface area contributed by atoms with Gasteiger partial charge in [0.05, 0.1) is 14.8 Å². The van der Waals surface area contributed by atoms with Crippen molar-refractivity contribution >= 4 is 39.7 Å². The molecule has 1 aliphatic rings. The fourth-order valence-electron chi connectivity index (χ4n) is 2.51. The number of sulfonamides is 1. The Bertz CT molecular complexity index is 689. The molecule has 0 atom stereocenters. The molecule has 1 fully saturated rings. The number of piperidine rings is 1. The molecule has 130 valence electrons. The molecule has 1 N–H and O–H groups in total. The summed E-state index contributed by atoms with van der Waals surface area (Å²) in [6, 6.07) is 2.66. The second-order valence-electron chi connectivity index (χ2n) is 5.27. The van der Waals surface area contributed by atoms with Gasteiger partial charge in [-0.3, -0.25) is 10.1 Å². The first-order valence-corrected chi connectivity index (χ1v) is 8.71. The van der Waals surface area contributed by atoms with E-state index >= 15 is 0 Å². The molecule has 10 heteroatoms. The van der Waals surface area contributed by atoms with Gasteiger partial charge >= 0.3 is 0 Å². The van der Waals surface area contributed by atoms with Crippen LogP contribution in [-0.4, -0.2) is 43.8 Å². The number of rotatable bonds is 4. The molecule has 0 radical (unpaired) electrons. The fraction of sp³-hybridized carbons (Fsp3) is 0.538. The van der Waals surface area contributed by atoms with E-state index in [9.17, 15) is 18.5 Å². The van der Waals surface area contributed by atoms with Crippen molar-refractivity contribution in [3.05, 3.63) is 32.8 Å². The van der Waals surface area contributed by atoms with Crippen molar-refractivity contribution < 1.29 is 13.3 Å². The van der Waals surface area contributed by atoms with E-state index in [-0.39, 0.29) is 33.6 Å². The van der Waals surface area contributed by atoms with Crippen LogP contribution in [0.3, 0.4) is 0 Å². The number of hydrogen-bond donors (Lipinski definition) is 1. The first kappa shape index (κ1) is 20.1. The van der Waals surface area contributed by atoms with Crippen LogP contribution in [0, 0.1) is 17.0 Å². The number of nitrogens with zero attached hydrogens (tertiary/aromatic N) is 2. The third kappa shape index (κ3) is 4.13. The molecule has 0 amide bonds. The highest BCUT2D eigenvalue weighted by Gasteiger charge is 2.31. The Balaban J connectivity index is 0.00000264. The highest BCUT2D eigenvalue weighted by molar-refractivity contribution is 7.89. The summed E-state index contributed by atoms with van der Waals surface area (Å²) in [6.07, 6.45) is 1.41. The smallest absolute Gasteiger partial charge is 0.275 e. The summed E-state index contributed by atoms with van der Waals surface area (Å²) < 4.78 is 26.6. The fourth-order valence-corrected chi connectivity index (χ4v) is 4.31. The van der Waals surface area contributed by atoms with E-state index in [0.29, 0.717) is 32.0 Å². The van der Waals surface area contributed by atoms with Crippen LogP contribution in [0.2, 0.25) is 5.02 Å². The summed E-state index contributed by atoms with van der Waals surface area (Å²) in [5.74, 6) is 0. The number of nitro groups is 1. The van der Waals surface area contributed by atoms with Gasteiger partial charge in [0, 0.05) is 30.8 Å². The standard InChI is InChI=1S/C13H18ClN3O4S.ClH/c1-9-12(14)7-11(8-13(9)17(18)19)22(20,21)16-5-3-10(15-2)4-6-16;/h7-8,10,15H,3-6H2,1-2H3;1H. The van der Waals surface area contributed by atoms with Gasteiger partial charge < -0.3 is 5.32 Å². The summed E-state index contributed by atoms with van der Waals surface area (Å²) >= 11 is 5.96. The minimum absolute atomic E-state index is 0. The van der Waals surface area contributed by atoms with E-state index in [4.69, 9.17) is 11.6 Å². The Morgan fingerprint density at radius 2 is 1.91 bits per heavy atom. The maximum Gasteiger partial charge on any atom is 0.275 e. The van der Waals surface area contributed by atoms with E-state index in [1.807, 2.05) is 7.05 Å². The van der Waals surface area contributed by atoms with Gasteiger partial charge in [-0.05, 0) is 32.9 Å². The second-order valence-corrected chi connectivity index (χ2v) is 7.62. The van der Waals surface area contributed by atoms with Crippen molar-refractivity contribution in [1.82, 2.24) is 9.62 Å². The average Bonchev–Trinajstić information content (AvgIpc) is 2.49. The zero-order valence-corrected chi connectivity index (χ0v) is 15.2. The third-order valence-corrected chi connectivity index (χ3v) is 6.26. The maximum atomic E-state index is 12.6. The van der Waals surface area contributed by atoms with E-state index in [0.717, 1.165) is 6.07 Å². The molecular weight excluding hydrogens is 365 g/mol. The molecule has 0 aliphatic carbocycles. The molecule has 1 saturated heterocycles. The van der Waals surface area contributed by atoms with Crippen molar-refractivity contribution in [2.24, 2.45) is 0 Å². The Hall–Kier alpha value is -0.930. The lowest BCUT2D eigenvalue weighted by molar-refractivity contribution is -0.385. The van der Waals surface area contributed by atoms with E-state index in [1.54, 1.807) is 0 Å². The predicted octanol–water partition coefficient (Wildman–Crippen LogP) is 2.35. The Labute approximate surface area is 146 Å². The molecule has 1 aliphatic heterocycles. The van der Waals surface area contributed by atoms with Crippen molar-refractivity contribution in [2.45, 2.75) is 30.7 Å². The average molecular weight is 384 g/mol. The largest absolute Gasteiger partial charge is 0.317 e. The third-order valence-electron chi connectivity index (χ3n) is 3.99. The molecule has 1 aromatic rings. The van der Waals surface area contributed by atoms with Crippen molar-refractivity contribution in [3.63, 3.8) is 0 Å². The highest BCUT2D eigenvalue weighted by atomic mass is 35.5. The van der Waals surface area contributed by atoms with Gasteiger partial charge in [-0.1, -0.05) is 11.6 Å². The zero-order valence-electron chi connectivity index (χ0n) is 12.8. The second kappa shape index (κ2) is 7.76. The molecule has 0 saturated carbocycles. The molecule has 2 rings (SSSR count). The van der Waals surface area contributed by atoms with Crippen LogP contribution in [-0.2, 0) is 10.0 Å². The maximum absolute atomic E-state index is 12.6. The van der Waals surface area contributed by atoms with E-state index < -0.39 is 14.9 Å². The molecule has 23 heavy (non-hydrogen) atoms. The molecular formula is C13H19Cl2N3O4S. The molecule has 7 nitrogen and oxygen atoms in total. The van der Waals surface area contributed by atoms with Crippen LogP contribution in [0.15, 0.2) is 17.0 Å². The van der Waals surface area contributed by atoms with Crippen molar-refractivity contribution in [3.8, 4) is 0 Å². The zero-order chi connectivity index (χ0) is 16.5. The van der Waals surface area contributed by atoms with Crippen LogP contribution in [0.25, 0.3) is 0 Å². The summed E-state index contributed by atoms with van der Waals surface area (Å²) in [4.78, 5) is 10.3. The van der Waals surface area contributed by atoms with Gasteiger partial charge in [0.15, 0.2) is 0 Å². The molecule has 0 bridgehead atoms. The molecule has 0 aromatic heterocycles. The monoisotopic (exact) mass is 383 g/mol. The number of nitrogens with one attached hydrogen (secondary N) is 1. The van der Waals surface area contributed by atoms with Crippen LogP contribution in [0.1, 0.15) is 18.4 Å². The molecule has 1 aromatic carbocycles. The van der Waals surface area contributed by atoms with Crippen LogP contribution in [0.4, 0.5) is 5.69 Å². The minimum atomic E-state index is -3.77. The van der Waals surface area contributed by atoms with E-state index in [1.165, 1.54) is 17.3 Å². The van der Waals surface area contributed by atoms with Crippen LogP contribution < -0.4 is 5.32 Å². The summed E-state index contributed by atoms with van der Waals surface area (Å²) in [5.41, 5.74) is -0.0179. The molecule has 0 spiro atoms. The van der Waals surface area contributed by atoms with Gasteiger partial charge in [0.2, 0.25) is 10.0 Å². The first-order valence-electron chi connectivity index (χ1n) is 6.89. The summed E-state index contributed by atoms with van der Waals surface area (Å²) in [5, 5.41) is 14.2. The molecule has 0 unspecified atom stereocenters. The van der Waals surface area contributed by atoms with Crippen molar-refractivity contribution in [1.29, 1.82) is 0 Å². The number of benzene rings is 1. The SMILES string of the molecule is CNC1CCN(S(=O)(=O)c2cc(Cl)c(C)c([N+](=O)[O-])c2)CC1.Cl. The van der Waals surface area contributed by atoms with Crippen molar-refractivity contribution in [2.75, 3.05) is 20.1 Å². The lowest BCUT2D eigenvalue weighted by atomic mass is 10.1. The van der Waals surface area contributed by atoms with Gasteiger partial charge in [-0.25, -0.2) is 8.42 Å². The number of hydrogen-bond acceptors (Lipinski definition) is 5. The van der Waals surface area contributed by atoms with Gasteiger partial charge in [-0.15, -0.1) is 12.4 Å². The van der Waals surface area contributed by atoms with Gasteiger partial charge in [-0.2, -0.15) is 4.31 Å². The molecule has 1 heterocycles. The Kier molecular flexibility index (Phi) is 6.79. The van der Waals surface area contributed by atoms with Crippen LogP contribution >= 0.6 is 24.0 Å². The Morgan fingerprint density at radius 3 is 2.39 bits per heavy atom. The topological polar surface area (TPSA) is 92.6 Å². The number of halogens is 2. The minimum Gasteiger partial charge on any atom is -0.317 e. The predicted molar refractivity (Wildman–Crippen MR) is 90.9 cm³/mol. The first-order chi connectivity index (χ1) is 10.3. The van der Waals surface area contributed by atoms with Gasteiger partial charge in [0.25, 0.3) is 5.69 Å². The quantitative estimate of drug-likeness (QED) is 0.636. The van der Waals surface area contributed by atoms with E-state index in [2.05, 4.69) is 5.32 Å². The lowest BCUT2D eigenvalue weighted by Crippen LogP contribution is -2.43.